The van der Waals surface area contributed by atoms with Crippen LogP contribution in [0, 0.1) is 5.82 Å². The molecule has 7 heteroatoms. The fourth-order valence-corrected chi connectivity index (χ4v) is 1.59. The van der Waals surface area contributed by atoms with Crippen molar-refractivity contribution in [1.82, 2.24) is 10.6 Å². The van der Waals surface area contributed by atoms with Crippen LogP contribution in [0.3, 0.4) is 0 Å². The summed E-state index contributed by atoms with van der Waals surface area (Å²) in [5.74, 6) is -0.938. The van der Waals surface area contributed by atoms with Gasteiger partial charge in [0.1, 0.15) is 11.6 Å². The number of nitrogens with one attached hydrogen (secondary N) is 2. The Morgan fingerprint density at radius 3 is 2.52 bits per heavy atom. The molecular weight excluding hydrogens is 277 g/mol. The minimum Gasteiger partial charge on any atom is -0.481 e. The van der Waals surface area contributed by atoms with Gasteiger partial charge in [-0.2, -0.15) is 0 Å². The Kier molecular flexibility index (Phi) is 6.10. The molecule has 1 unspecified atom stereocenters. The number of imide groups is 1. The summed E-state index contributed by atoms with van der Waals surface area (Å²) in [5.41, 5.74) is 5.54. The first-order valence-corrected chi connectivity index (χ1v) is 6.57. The minimum absolute atomic E-state index is 0.211. The number of hydrogen-bond donors (Lipinski definition) is 3. The van der Waals surface area contributed by atoms with Gasteiger partial charge in [0, 0.05) is 18.7 Å². The van der Waals surface area contributed by atoms with E-state index in [1.54, 1.807) is 6.07 Å². The Hall–Kier alpha value is -2.15. The van der Waals surface area contributed by atoms with Crippen molar-refractivity contribution in [2.45, 2.75) is 39.5 Å². The normalized spacial score (nSPS) is 12.0. The van der Waals surface area contributed by atoms with E-state index in [0.29, 0.717) is 12.1 Å². The predicted octanol–water partition coefficient (Wildman–Crippen LogP) is 1.29. The van der Waals surface area contributed by atoms with E-state index in [9.17, 15) is 14.0 Å². The van der Waals surface area contributed by atoms with Crippen LogP contribution in [-0.4, -0.2) is 24.1 Å². The molecule has 0 aromatic heterocycles. The van der Waals surface area contributed by atoms with Crippen LogP contribution in [-0.2, 0) is 11.3 Å². The largest absolute Gasteiger partial charge is 0.481 e. The lowest BCUT2D eigenvalue weighted by atomic mass is 10.2. The maximum atomic E-state index is 13.5. The Morgan fingerprint density at radius 2 is 1.95 bits per heavy atom. The summed E-state index contributed by atoms with van der Waals surface area (Å²) in [6.45, 7) is 5.88. The molecule has 0 fully saturated rings. The van der Waals surface area contributed by atoms with Gasteiger partial charge in [0.05, 0.1) is 0 Å². The van der Waals surface area contributed by atoms with E-state index in [2.05, 4.69) is 5.32 Å². The third-order valence-electron chi connectivity index (χ3n) is 2.57. The van der Waals surface area contributed by atoms with Crippen LogP contribution in [0.2, 0.25) is 0 Å². The molecule has 0 aliphatic carbocycles. The van der Waals surface area contributed by atoms with E-state index in [1.807, 2.05) is 19.2 Å². The van der Waals surface area contributed by atoms with Crippen LogP contribution in [0.5, 0.6) is 5.75 Å². The summed E-state index contributed by atoms with van der Waals surface area (Å²) < 4.78 is 18.8. The highest BCUT2D eigenvalue weighted by molar-refractivity contribution is 5.95. The lowest BCUT2D eigenvalue weighted by molar-refractivity contribution is -0.126. The van der Waals surface area contributed by atoms with Gasteiger partial charge in [-0.1, -0.05) is 13.8 Å². The number of halogens is 1. The molecule has 0 heterocycles. The smallest absolute Gasteiger partial charge is 0.318 e. The SMILES string of the molecule is CC(C)NCc1cc(F)cc(OC(C)C(=O)NC(N)=O)c1. The summed E-state index contributed by atoms with van der Waals surface area (Å²) >= 11 is 0. The van der Waals surface area contributed by atoms with Crippen molar-refractivity contribution in [3.63, 3.8) is 0 Å². The van der Waals surface area contributed by atoms with Gasteiger partial charge in [0.25, 0.3) is 5.91 Å². The van der Waals surface area contributed by atoms with Gasteiger partial charge in [-0.05, 0) is 24.6 Å². The summed E-state index contributed by atoms with van der Waals surface area (Å²) in [4.78, 5) is 22.1. The molecule has 1 rings (SSSR count). The molecule has 0 aliphatic rings. The quantitative estimate of drug-likeness (QED) is 0.737. The average Bonchev–Trinajstić information content (AvgIpc) is 2.34. The molecular formula is C14H20FN3O3. The number of ether oxygens (including phenoxy) is 1. The van der Waals surface area contributed by atoms with Gasteiger partial charge in [0.15, 0.2) is 6.10 Å². The first-order chi connectivity index (χ1) is 9.77. The van der Waals surface area contributed by atoms with Crippen LogP contribution in [0.1, 0.15) is 26.3 Å². The molecule has 0 spiro atoms. The molecule has 0 aliphatic heterocycles. The average molecular weight is 297 g/mol. The monoisotopic (exact) mass is 297 g/mol. The topological polar surface area (TPSA) is 93.4 Å². The predicted molar refractivity (Wildman–Crippen MR) is 76.2 cm³/mol. The van der Waals surface area contributed by atoms with Crippen molar-refractivity contribution in [1.29, 1.82) is 0 Å². The number of nitrogens with two attached hydrogens (primary N) is 1. The van der Waals surface area contributed by atoms with Gasteiger partial charge in [-0.15, -0.1) is 0 Å². The third kappa shape index (κ3) is 6.22. The highest BCUT2D eigenvalue weighted by Gasteiger charge is 2.16. The maximum absolute atomic E-state index is 13.5. The zero-order valence-corrected chi connectivity index (χ0v) is 12.3. The van der Waals surface area contributed by atoms with Crippen LogP contribution >= 0.6 is 0 Å². The van der Waals surface area contributed by atoms with Gasteiger partial charge in [-0.3, -0.25) is 10.1 Å². The van der Waals surface area contributed by atoms with Crippen molar-refractivity contribution in [3.8, 4) is 5.75 Å². The van der Waals surface area contributed by atoms with Gasteiger partial charge < -0.3 is 15.8 Å². The molecule has 0 saturated carbocycles. The van der Waals surface area contributed by atoms with Gasteiger partial charge in [-0.25, -0.2) is 9.18 Å². The van der Waals surface area contributed by atoms with Crippen molar-refractivity contribution < 1.29 is 18.7 Å². The van der Waals surface area contributed by atoms with Crippen molar-refractivity contribution >= 4 is 11.9 Å². The lowest BCUT2D eigenvalue weighted by Gasteiger charge is -2.15. The minimum atomic E-state index is -0.967. The van der Waals surface area contributed by atoms with Gasteiger partial charge in [0.2, 0.25) is 0 Å². The van der Waals surface area contributed by atoms with Gasteiger partial charge >= 0.3 is 6.03 Å². The lowest BCUT2D eigenvalue weighted by Crippen LogP contribution is -2.42. The van der Waals surface area contributed by atoms with E-state index < -0.39 is 23.9 Å². The van der Waals surface area contributed by atoms with E-state index >= 15 is 0 Å². The molecule has 0 radical (unpaired) electrons. The first kappa shape index (κ1) is 16.9. The second-order valence-corrected chi connectivity index (χ2v) is 4.94. The molecule has 1 aromatic carbocycles. The van der Waals surface area contributed by atoms with E-state index in [-0.39, 0.29) is 11.8 Å². The zero-order valence-electron chi connectivity index (χ0n) is 12.3. The Morgan fingerprint density at radius 1 is 1.29 bits per heavy atom. The Bertz CT molecular complexity index is 520. The summed E-state index contributed by atoms with van der Waals surface area (Å²) in [5, 5.41) is 5.06. The molecule has 0 saturated heterocycles. The number of rotatable bonds is 6. The van der Waals surface area contributed by atoms with Crippen molar-refractivity contribution in [2.24, 2.45) is 5.73 Å². The molecule has 0 bridgehead atoms. The molecule has 1 atom stereocenters. The van der Waals surface area contributed by atoms with E-state index in [1.165, 1.54) is 19.1 Å². The second-order valence-electron chi connectivity index (χ2n) is 4.94. The Balaban J connectivity index is 2.74. The number of amides is 3. The van der Waals surface area contributed by atoms with Crippen LogP contribution in [0.4, 0.5) is 9.18 Å². The number of hydrogen-bond acceptors (Lipinski definition) is 4. The highest BCUT2D eigenvalue weighted by atomic mass is 19.1. The molecule has 4 N–H and O–H groups in total. The maximum Gasteiger partial charge on any atom is 0.318 e. The summed E-state index contributed by atoms with van der Waals surface area (Å²) in [6, 6.07) is 3.49. The fourth-order valence-electron chi connectivity index (χ4n) is 1.59. The molecule has 6 nitrogen and oxygen atoms in total. The molecule has 1 aromatic rings. The molecule has 116 valence electrons. The number of carbonyl (C=O) groups excluding carboxylic acids is 2. The van der Waals surface area contributed by atoms with Crippen molar-refractivity contribution in [2.75, 3.05) is 0 Å². The van der Waals surface area contributed by atoms with E-state index in [0.717, 1.165) is 0 Å². The van der Waals surface area contributed by atoms with Crippen LogP contribution in [0.25, 0.3) is 0 Å². The number of carbonyl (C=O) groups is 2. The number of benzene rings is 1. The highest BCUT2D eigenvalue weighted by Crippen LogP contribution is 2.18. The first-order valence-electron chi connectivity index (χ1n) is 6.57. The fraction of sp³-hybridized carbons (Fsp3) is 0.429. The number of primary amides is 1. The second kappa shape index (κ2) is 7.58. The van der Waals surface area contributed by atoms with Crippen LogP contribution < -0.4 is 21.1 Å². The Labute approximate surface area is 122 Å². The molecule has 21 heavy (non-hydrogen) atoms. The van der Waals surface area contributed by atoms with Crippen molar-refractivity contribution in [3.05, 3.63) is 29.6 Å². The summed E-state index contributed by atoms with van der Waals surface area (Å²) in [6.07, 6.45) is -0.967. The zero-order chi connectivity index (χ0) is 16.0. The van der Waals surface area contributed by atoms with E-state index in [4.69, 9.17) is 10.5 Å². The molecule has 3 amide bonds. The standard InChI is InChI=1S/C14H20FN3O3/c1-8(2)17-7-10-4-11(15)6-12(5-10)21-9(3)13(19)18-14(16)20/h4-6,8-9,17H,7H2,1-3H3,(H3,16,18,19,20). The third-order valence-corrected chi connectivity index (χ3v) is 2.57. The summed E-state index contributed by atoms with van der Waals surface area (Å²) in [7, 11) is 0. The van der Waals surface area contributed by atoms with Crippen LogP contribution in [0.15, 0.2) is 18.2 Å². The number of urea groups is 1.